The minimum absolute atomic E-state index is 0.543. The van der Waals surface area contributed by atoms with Crippen LogP contribution in [0.2, 0.25) is 0 Å². The summed E-state index contributed by atoms with van der Waals surface area (Å²) in [6.45, 7) is 4.98. The van der Waals surface area contributed by atoms with Gasteiger partial charge in [0.15, 0.2) is 0 Å². The van der Waals surface area contributed by atoms with E-state index in [2.05, 4.69) is 6.07 Å². The van der Waals surface area contributed by atoms with Crippen molar-refractivity contribution in [2.45, 2.75) is 13.8 Å². The number of rotatable bonds is 4. The van der Waals surface area contributed by atoms with E-state index in [1.165, 1.54) is 0 Å². The summed E-state index contributed by atoms with van der Waals surface area (Å²) in [7, 11) is 0. The molecule has 0 aromatic rings. The van der Waals surface area contributed by atoms with Crippen LogP contribution in [0.25, 0.3) is 11.1 Å². The van der Waals surface area contributed by atoms with Gasteiger partial charge in [-0.3, -0.25) is 0 Å². The van der Waals surface area contributed by atoms with E-state index in [1.54, 1.807) is 0 Å². The first-order valence-electron chi connectivity index (χ1n) is 6.03. The Hall–Kier alpha value is -2.21. The van der Waals surface area contributed by atoms with Crippen molar-refractivity contribution in [3.63, 3.8) is 0 Å². The van der Waals surface area contributed by atoms with Crippen LogP contribution in [0, 0.1) is 11.3 Å². The van der Waals surface area contributed by atoms with Gasteiger partial charge in [-0.2, -0.15) is 5.26 Å². The van der Waals surface area contributed by atoms with E-state index in [1.807, 2.05) is 44.2 Å². The third-order valence-corrected chi connectivity index (χ3v) is 2.68. The van der Waals surface area contributed by atoms with Crippen molar-refractivity contribution < 1.29 is 9.47 Å². The molecule has 18 heavy (non-hydrogen) atoms. The van der Waals surface area contributed by atoms with Gasteiger partial charge in [-0.25, -0.2) is 0 Å². The molecule has 0 N–H and O–H groups in total. The average molecular weight is 241 g/mol. The molecule has 0 saturated carbocycles. The molecule has 0 saturated heterocycles. The molecular weight excluding hydrogens is 226 g/mol. The van der Waals surface area contributed by atoms with E-state index in [-0.39, 0.29) is 0 Å². The van der Waals surface area contributed by atoms with Gasteiger partial charge in [-0.1, -0.05) is 18.2 Å². The Bertz CT molecular complexity index is 557. The highest BCUT2D eigenvalue weighted by molar-refractivity contribution is 5.82. The van der Waals surface area contributed by atoms with E-state index in [4.69, 9.17) is 9.47 Å². The van der Waals surface area contributed by atoms with E-state index < -0.39 is 0 Å². The van der Waals surface area contributed by atoms with Gasteiger partial charge in [-0.15, -0.1) is 0 Å². The topological polar surface area (TPSA) is 42.2 Å². The number of hydrogen-bond donors (Lipinski definition) is 0. The largest absolute Gasteiger partial charge is 0.493 e. The third-order valence-electron chi connectivity index (χ3n) is 2.68. The molecule has 0 radical (unpaired) electrons. The molecule has 0 fully saturated rings. The Morgan fingerprint density at radius 1 is 1.00 bits per heavy atom. The molecule has 0 heterocycles. The van der Waals surface area contributed by atoms with Crippen molar-refractivity contribution in [1.82, 2.24) is 0 Å². The van der Waals surface area contributed by atoms with E-state index in [9.17, 15) is 5.26 Å². The minimum Gasteiger partial charge on any atom is -0.493 e. The van der Waals surface area contributed by atoms with Crippen LogP contribution in [0.5, 0.6) is 11.5 Å². The minimum atomic E-state index is 0.543. The Labute approximate surface area is 107 Å². The molecule has 0 atom stereocenters. The van der Waals surface area contributed by atoms with Gasteiger partial charge in [0.25, 0.3) is 0 Å². The summed E-state index contributed by atoms with van der Waals surface area (Å²) in [5, 5.41) is 9.26. The predicted octanol–water partition coefficient (Wildman–Crippen LogP) is 3.46. The highest BCUT2D eigenvalue weighted by atomic mass is 16.5. The lowest BCUT2D eigenvalue weighted by atomic mass is 10.1. The number of hydrogen-bond acceptors (Lipinski definition) is 3. The highest BCUT2D eigenvalue weighted by Gasteiger charge is 2.19. The van der Waals surface area contributed by atoms with Crippen LogP contribution in [-0.2, 0) is 0 Å². The Balaban J connectivity index is 2.64. The van der Waals surface area contributed by atoms with Crippen molar-refractivity contribution in [1.29, 1.82) is 5.26 Å². The standard InChI is InChI=1S/C15H15NO2/c1-3-17-14-8-6-5-7-11-12(14)9-15(18-4-2)13(11)10-16/h5-9H,3-4H2,1-2H3. The molecule has 3 nitrogen and oxygen atoms in total. The zero-order valence-electron chi connectivity index (χ0n) is 10.6. The molecule has 3 heteroatoms. The first-order chi connectivity index (χ1) is 8.81. The SMILES string of the molecule is CCOc1ccccc2c(C#N)c(OCC)cc1-2. The number of fused-ring (bicyclic) bond motifs is 1. The highest BCUT2D eigenvalue weighted by Crippen LogP contribution is 2.41. The van der Waals surface area contributed by atoms with Crippen LogP contribution in [0.3, 0.4) is 0 Å². The summed E-state index contributed by atoms with van der Waals surface area (Å²) in [5.41, 5.74) is 2.36. The van der Waals surface area contributed by atoms with Crippen LogP contribution < -0.4 is 9.47 Å². The van der Waals surface area contributed by atoms with Gasteiger partial charge in [0.1, 0.15) is 23.1 Å². The quantitative estimate of drug-likeness (QED) is 0.823. The maximum absolute atomic E-state index is 9.26. The van der Waals surface area contributed by atoms with Gasteiger partial charge < -0.3 is 9.47 Å². The summed E-state index contributed by atoms with van der Waals surface area (Å²) >= 11 is 0. The summed E-state index contributed by atoms with van der Waals surface area (Å²) in [6.07, 6.45) is 0. The Morgan fingerprint density at radius 3 is 2.33 bits per heavy atom. The van der Waals surface area contributed by atoms with E-state index in [0.717, 1.165) is 16.9 Å². The molecule has 2 aliphatic carbocycles. The van der Waals surface area contributed by atoms with Crippen molar-refractivity contribution in [2.75, 3.05) is 13.2 Å². The third kappa shape index (κ3) is 2.10. The first-order valence-corrected chi connectivity index (χ1v) is 6.03. The van der Waals surface area contributed by atoms with Gasteiger partial charge in [-0.05, 0) is 26.0 Å². The zero-order valence-corrected chi connectivity index (χ0v) is 10.6. The molecular formula is C15H15NO2. The van der Waals surface area contributed by atoms with Crippen molar-refractivity contribution in [3.8, 4) is 28.7 Å². The van der Waals surface area contributed by atoms with Gasteiger partial charge >= 0.3 is 0 Å². The second kappa shape index (κ2) is 5.42. The Kier molecular flexibility index (Phi) is 3.69. The summed E-state index contributed by atoms with van der Waals surface area (Å²) in [5.74, 6) is 1.40. The molecule has 0 aromatic carbocycles. The molecule has 2 rings (SSSR count). The maximum Gasteiger partial charge on any atom is 0.138 e. The lowest BCUT2D eigenvalue weighted by molar-refractivity contribution is 0.338. The number of nitriles is 1. The Morgan fingerprint density at radius 2 is 1.67 bits per heavy atom. The number of nitrogens with zero attached hydrogens (tertiary/aromatic N) is 1. The van der Waals surface area contributed by atoms with Crippen LogP contribution in [0.1, 0.15) is 19.4 Å². The molecule has 92 valence electrons. The van der Waals surface area contributed by atoms with Gasteiger partial charge in [0.2, 0.25) is 0 Å². The maximum atomic E-state index is 9.26. The fourth-order valence-electron chi connectivity index (χ4n) is 1.98. The van der Waals surface area contributed by atoms with Gasteiger partial charge in [0, 0.05) is 11.1 Å². The predicted molar refractivity (Wildman–Crippen MR) is 70.1 cm³/mol. The molecule has 2 aliphatic rings. The average Bonchev–Trinajstić information content (AvgIpc) is 2.60. The summed E-state index contributed by atoms with van der Waals surface area (Å²) < 4.78 is 11.1. The molecule has 0 aromatic heterocycles. The summed E-state index contributed by atoms with van der Waals surface area (Å²) in [4.78, 5) is 0. The molecule has 0 amide bonds. The lowest BCUT2D eigenvalue weighted by Gasteiger charge is -2.04. The van der Waals surface area contributed by atoms with Gasteiger partial charge in [0.05, 0.1) is 13.2 Å². The van der Waals surface area contributed by atoms with Crippen LogP contribution in [0.15, 0.2) is 30.3 Å². The lowest BCUT2D eigenvalue weighted by Crippen LogP contribution is -1.91. The zero-order chi connectivity index (χ0) is 13.0. The second-order valence-electron chi connectivity index (χ2n) is 3.77. The van der Waals surface area contributed by atoms with Crippen molar-refractivity contribution in [3.05, 3.63) is 35.9 Å². The van der Waals surface area contributed by atoms with Crippen LogP contribution in [-0.4, -0.2) is 13.2 Å². The van der Waals surface area contributed by atoms with Crippen LogP contribution >= 0.6 is 0 Å². The monoisotopic (exact) mass is 241 g/mol. The first kappa shape index (κ1) is 12.3. The molecule has 0 unspecified atom stereocenters. The van der Waals surface area contributed by atoms with Crippen LogP contribution in [0.4, 0.5) is 0 Å². The molecule has 0 spiro atoms. The molecule has 0 bridgehead atoms. The van der Waals surface area contributed by atoms with Crippen molar-refractivity contribution >= 4 is 0 Å². The van der Waals surface area contributed by atoms with E-state index >= 15 is 0 Å². The fourth-order valence-corrected chi connectivity index (χ4v) is 1.98. The summed E-state index contributed by atoms with van der Waals surface area (Å²) in [6, 6.07) is 11.7. The second-order valence-corrected chi connectivity index (χ2v) is 3.77. The van der Waals surface area contributed by atoms with E-state index in [0.29, 0.717) is 24.5 Å². The number of ether oxygens (including phenoxy) is 2. The molecule has 0 aliphatic heterocycles. The smallest absolute Gasteiger partial charge is 0.138 e. The van der Waals surface area contributed by atoms with Crippen molar-refractivity contribution in [2.24, 2.45) is 0 Å². The normalized spacial score (nSPS) is 10.1. The fraction of sp³-hybridized carbons (Fsp3) is 0.267.